The number of hydrogen-bond acceptors (Lipinski definition) is 2. The van der Waals surface area contributed by atoms with E-state index in [9.17, 15) is 9.59 Å². The molecule has 0 aliphatic heterocycles. The van der Waals surface area contributed by atoms with Gasteiger partial charge in [0, 0.05) is 16.5 Å². The van der Waals surface area contributed by atoms with Crippen LogP contribution in [-0.2, 0) is 11.2 Å². The summed E-state index contributed by atoms with van der Waals surface area (Å²) in [6.45, 7) is 0. The minimum atomic E-state index is -0.771. The van der Waals surface area contributed by atoms with E-state index in [1.165, 1.54) is 0 Å². The van der Waals surface area contributed by atoms with Gasteiger partial charge in [-0.1, -0.05) is 70.5 Å². The Morgan fingerprint density at radius 3 is 2.04 bits per heavy atom. The van der Waals surface area contributed by atoms with E-state index in [1.54, 1.807) is 12.1 Å². The Morgan fingerprint density at radius 1 is 0.852 bits per heavy atom. The smallest absolute Gasteiger partial charge is 0.251 e. The van der Waals surface area contributed by atoms with Crippen LogP contribution in [0.3, 0.4) is 0 Å². The lowest BCUT2D eigenvalue weighted by atomic mass is 10.0. The summed E-state index contributed by atoms with van der Waals surface area (Å²) in [4.78, 5) is 24.3. The van der Waals surface area contributed by atoms with Crippen LogP contribution in [-0.4, -0.2) is 17.9 Å². The van der Waals surface area contributed by atoms with Gasteiger partial charge in [0.25, 0.3) is 5.91 Å². The second-order valence-electron chi connectivity index (χ2n) is 6.20. The summed E-state index contributed by atoms with van der Waals surface area (Å²) in [5.74, 6) is -0.886. The van der Waals surface area contributed by atoms with Crippen molar-refractivity contribution in [3.05, 3.63) is 94.5 Å². The molecule has 136 valence electrons. The van der Waals surface area contributed by atoms with Crippen molar-refractivity contribution in [2.24, 2.45) is 5.73 Å². The Morgan fingerprint density at radius 2 is 1.44 bits per heavy atom. The maximum absolute atomic E-state index is 12.5. The molecule has 0 aliphatic rings. The summed E-state index contributed by atoms with van der Waals surface area (Å²) < 4.78 is 0.949. The SMILES string of the molecule is NC(=O)[C@H](Cc1ccc(Br)cc1)NC(=O)c1ccc(-c2ccccc2)cc1. The van der Waals surface area contributed by atoms with Crippen LogP contribution in [0.2, 0.25) is 0 Å². The lowest BCUT2D eigenvalue weighted by Crippen LogP contribution is -2.45. The number of amides is 2. The average Bonchev–Trinajstić information content (AvgIpc) is 2.69. The molecule has 0 radical (unpaired) electrons. The van der Waals surface area contributed by atoms with E-state index in [4.69, 9.17) is 5.73 Å². The van der Waals surface area contributed by atoms with Crippen molar-refractivity contribution in [3.8, 4) is 11.1 Å². The first kappa shape index (κ1) is 18.9. The molecule has 0 unspecified atom stereocenters. The van der Waals surface area contributed by atoms with Gasteiger partial charge in [-0.3, -0.25) is 9.59 Å². The number of primary amides is 1. The third kappa shape index (κ3) is 5.05. The molecule has 3 N–H and O–H groups in total. The summed E-state index contributed by atoms with van der Waals surface area (Å²) in [7, 11) is 0. The van der Waals surface area contributed by atoms with E-state index in [0.29, 0.717) is 12.0 Å². The first-order valence-corrected chi connectivity index (χ1v) is 9.32. The first-order valence-electron chi connectivity index (χ1n) is 8.53. The van der Waals surface area contributed by atoms with Crippen LogP contribution < -0.4 is 11.1 Å². The molecule has 27 heavy (non-hydrogen) atoms. The molecule has 3 aromatic rings. The minimum Gasteiger partial charge on any atom is -0.368 e. The lowest BCUT2D eigenvalue weighted by Gasteiger charge is -2.16. The zero-order valence-corrected chi connectivity index (χ0v) is 16.1. The number of carbonyl (C=O) groups is 2. The fourth-order valence-electron chi connectivity index (χ4n) is 2.77. The van der Waals surface area contributed by atoms with Gasteiger partial charge in [0.15, 0.2) is 0 Å². The largest absolute Gasteiger partial charge is 0.368 e. The van der Waals surface area contributed by atoms with Gasteiger partial charge in [-0.2, -0.15) is 0 Å². The van der Waals surface area contributed by atoms with E-state index in [2.05, 4.69) is 21.2 Å². The number of benzene rings is 3. The summed E-state index contributed by atoms with van der Waals surface area (Å²) in [5, 5.41) is 2.73. The Labute approximate surface area is 166 Å². The van der Waals surface area contributed by atoms with E-state index in [1.807, 2.05) is 66.7 Å². The van der Waals surface area contributed by atoms with Gasteiger partial charge in [0.05, 0.1) is 0 Å². The van der Waals surface area contributed by atoms with Crippen LogP contribution in [0, 0.1) is 0 Å². The predicted octanol–water partition coefficient (Wildman–Crippen LogP) is 3.94. The molecule has 0 saturated heterocycles. The van der Waals surface area contributed by atoms with Gasteiger partial charge >= 0.3 is 0 Å². The number of nitrogens with two attached hydrogens (primary N) is 1. The normalized spacial score (nSPS) is 11.6. The van der Waals surface area contributed by atoms with Gasteiger partial charge < -0.3 is 11.1 Å². The monoisotopic (exact) mass is 422 g/mol. The van der Waals surface area contributed by atoms with Crippen molar-refractivity contribution in [2.75, 3.05) is 0 Å². The molecule has 0 heterocycles. The van der Waals surface area contributed by atoms with Gasteiger partial charge in [-0.05, 0) is 41.0 Å². The fourth-order valence-corrected chi connectivity index (χ4v) is 3.03. The second kappa shape index (κ2) is 8.64. The fraction of sp³-hybridized carbons (Fsp3) is 0.0909. The molecule has 1 atom stereocenters. The van der Waals surface area contributed by atoms with Gasteiger partial charge in [-0.15, -0.1) is 0 Å². The lowest BCUT2D eigenvalue weighted by molar-refractivity contribution is -0.119. The Hall–Kier alpha value is -2.92. The molecular weight excluding hydrogens is 404 g/mol. The van der Waals surface area contributed by atoms with Crippen LogP contribution in [0.25, 0.3) is 11.1 Å². The van der Waals surface area contributed by atoms with E-state index in [0.717, 1.165) is 21.2 Å². The van der Waals surface area contributed by atoms with Crippen LogP contribution in [0.5, 0.6) is 0 Å². The minimum absolute atomic E-state index is 0.324. The number of carbonyl (C=O) groups excluding carboxylic acids is 2. The Balaban J connectivity index is 1.70. The predicted molar refractivity (Wildman–Crippen MR) is 110 cm³/mol. The van der Waals surface area contributed by atoms with Crippen LogP contribution in [0.1, 0.15) is 15.9 Å². The highest BCUT2D eigenvalue weighted by Crippen LogP contribution is 2.19. The van der Waals surface area contributed by atoms with Gasteiger partial charge in [-0.25, -0.2) is 0 Å². The Kier molecular flexibility index (Phi) is 6.04. The summed E-state index contributed by atoms with van der Waals surface area (Å²) in [6.07, 6.45) is 0.344. The highest BCUT2D eigenvalue weighted by molar-refractivity contribution is 9.10. The number of halogens is 1. The maximum Gasteiger partial charge on any atom is 0.251 e. The maximum atomic E-state index is 12.5. The summed E-state index contributed by atoms with van der Waals surface area (Å²) >= 11 is 3.37. The number of hydrogen-bond donors (Lipinski definition) is 2. The molecule has 0 aromatic heterocycles. The van der Waals surface area contributed by atoms with Crippen molar-refractivity contribution >= 4 is 27.7 Å². The van der Waals surface area contributed by atoms with Crippen LogP contribution in [0.4, 0.5) is 0 Å². The topological polar surface area (TPSA) is 72.2 Å². The molecule has 2 amide bonds. The molecule has 0 aliphatic carbocycles. The first-order chi connectivity index (χ1) is 13.0. The van der Waals surface area contributed by atoms with E-state index >= 15 is 0 Å². The van der Waals surface area contributed by atoms with Crippen molar-refractivity contribution in [1.29, 1.82) is 0 Å². The van der Waals surface area contributed by atoms with Crippen molar-refractivity contribution in [3.63, 3.8) is 0 Å². The number of nitrogens with one attached hydrogen (secondary N) is 1. The highest BCUT2D eigenvalue weighted by atomic mass is 79.9. The van der Waals surface area contributed by atoms with Gasteiger partial charge in [0.2, 0.25) is 5.91 Å². The Bertz CT molecular complexity index is 923. The van der Waals surface area contributed by atoms with Crippen molar-refractivity contribution in [2.45, 2.75) is 12.5 Å². The third-order valence-corrected chi connectivity index (χ3v) is 4.78. The molecular formula is C22H19BrN2O2. The van der Waals surface area contributed by atoms with E-state index < -0.39 is 11.9 Å². The average molecular weight is 423 g/mol. The van der Waals surface area contributed by atoms with Gasteiger partial charge in [0.1, 0.15) is 6.04 Å². The van der Waals surface area contributed by atoms with Crippen molar-refractivity contribution in [1.82, 2.24) is 5.32 Å². The highest BCUT2D eigenvalue weighted by Gasteiger charge is 2.19. The summed E-state index contributed by atoms with van der Waals surface area (Å²) in [5.41, 5.74) is 8.98. The third-order valence-electron chi connectivity index (χ3n) is 4.26. The quantitative estimate of drug-likeness (QED) is 0.631. The zero-order valence-electron chi connectivity index (χ0n) is 14.6. The second-order valence-corrected chi connectivity index (χ2v) is 7.12. The molecule has 0 fully saturated rings. The van der Waals surface area contributed by atoms with Crippen molar-refractivity contribution < 1.29 is 9.59 Å². The molecule has 3 aromatic carbocycles. The standard InChI is InChI=1S/C22H19BrN2O2/c23-19-12-6-15(7-13-19)14-20(21(24)26)25-22(27)18-10-8-17(9-11-18)16-4-2-1-3-5-16/h1-13,20H,14H2,(H2,24,26)(H,25,27)/t20-/m0/s1. The molecule has 4 nitrogen and oxygen atoms in total. The van der Waals surface area contributed by atoms with Crippen LogP contribution >= 0.6 is 15.9 Å². The summed E-state index contributed by atoms with van der Waals surface area (Å²) in [6, 6.07) is 24.0. The molecule has 3 rings (SSSR count). The molecule has 0 bridgehead atoms. The zero-order chi connectivity index (χ0) is 19.2. The van der Waals surface area contributed by atoms with E-state index in [-0.39, 0.29) is 5.91 Å². The molecule has 0 spiro atoms. The number of rotatable bonds is 6. The molecule has 5 heteroatoms. The molecule has 0 saturated carbocycles. The van der Waals surface area contributed by atoms with Crippen LogP contribution in [0.15, 0.2) is 83.3 Å².